The molecule has 0 fully saturated rings. The van der Waals surface area contributed by atoms with E-state index in [-0.39, 0.29) is 5.91 Å². The highest BCUT2D eigenvalue weighted by atomic mass is 16.5. The minimum Gasteiger partial charge on any atom is -0.492 e. The lowest BCUT2D eigenvalue weighted by Crippen LogP contribution is -2.12. The summed E-state index contributed by atoms with van der Waals surface area (Å²) in [7, 11) is 0. The van der Waals surface area contributed by atoms with Crippen molar-refractivity contribution in [1.82, 2.24) is 0 Å². The molecule has 3 N–H and O–H groups in total. The van der Waals surface area contributed by atoms with Gasteiger partial charge in [0.15, 0.2) is 0 Å². The van der Waals surface area contributed by atoms with Crippen LogP contribution in [0.3, 0.4) is 0 Å². The van der Waals surface area contributed by atoms with E-state index < -0.39 is 0 Å². The molecule has 4 heteroatoms. The number of hydrogen-bond donors (Lipinski definition) is 2. The molecule has 0 aromatic heterocycles. The zero-order chi connectivity index (χ0) is 17.4. The van der Waals surface area contributed by atoms with E-state index in [4.69, 9.17) is 10.5 Å². The summed E-state index contributed by atoms with van der Waals surface area (Å²) in [6, 6.07) is 15.8. The topological polar surface area (TPSA) is 64.3 Å². The Balaban J connectivity index is 1.80. The maximum Gasteiger partial charge on any atom is 0.224 e. The zero-order valence-corrected chi connectivity index (χ0v) is 14.4. The number of carbonyl (C=O) groups excluding carboxylic acids is 1. The summed E-state index contributed by atoms with van der Waals surface area (Å²) in [5.74, 6) is 1.29. The van der Waals surface area contributed by atoms with Crippen molar-refractivity contribution in [3.8, 4) is 5.75 Å². The first-order chi connectivity index (χ1) is 11.6. The highest BCUT2D eigenvalue weighted by Crippen LogP contribution is 2.17. The summed E-state index contributed by atoms with van der Waals surface area (Å²) in [4.78, 5) is 12.1. The molecule has 0 heterocycles. The van der Waals surface area contributed by atoms with Gasteiger partial charge in [0, 0.05) is 18.7 Å². The second kappa shape index (κ2) is 9.08. The number of rotatable bonds is 8. The summed E-state index contributed by atoms with van der Waals surface area (Å²) in [5.41, 5.74) is 8.67. The van der Waals surface area contributed by atoms with Crippen LogP contribution in [0.2, 0.25) is 0 Å². The van der Waals surface area contributed by atoms with Crippen LogP contribution in [-0.4, -0.2) is 19.1 Å². The highest BCUT2D eigenvalue weighted by molar-refractivity contribution is 5.90. The molecule has 0 saturated carbocycles. The lowest BCUT2D eigenvalue weighted by Gasteiger charge is -2.09. The Morgan fingerprint density at radius 3 is 2.33 bits per heavy atom. The minimum atomic E-state index is 0.0126. The number of ether oxygens (including phenoxy) is 1. The van der Waals surface area contributed by atoms with E-state index in [1.165, 1.54) is 11.1 Å². The maximum atomic E-state index is 12.1. The number of benzene rings is 2. The Labute approximate surface area is 144 Å². The van der Waals surface area contributed by atoms with E-state index >= 15 is 0 Å². The number of hydrogen-bond acceptors (Lipinski definition) is 3. The van der Waals surface area contributed by atoms with Crippen LogP contribution >= 0.6 is 0 Å². The Bertz CT molecular complexity index is 634. The van der Waals surface area contributed by atoms with Gasteiger partial charge in [-0.25, -0.2) is 0 Å². The molecule has 24 heavy (non-hydrogen) atoms. The third-order valence-electron chi connectivity index (χ3n) is 3.81. The molecule has 0 bridgehead atoms. The summed E-state index contributed by atoms with van der Waals surface area (Å²) in [5, 5.41) is 2.91. The molecule has 0 saturated heterocycles. The molecule has 128 valence electrons. The number of carbonyl (C=O) groups is 1. The van der Waals surface area contributed by atoms with Crippen LogP contribution in [0.4, 0.5) is 5.69 Å². The lowest BCUT2D eigenvalue weighted by atomic mass is 10.0. The molecule has 0 aliphatic carbocycles. The van der Waals surface area contributed by atoms with Crippen LogP contribution in [0.25, 0.3) is 0 Å². The first-order valence-electron chi connectivity index (χ1n) is 8.40. The van der Waals surface area contributed by atoms with Crippen LogP contribution in [0, 0.1) is 0 Å². The quantitative estimate of drug-likeness (QED) is 0.777. The zero-order valence-electron chi connectivity index (χ0n) is 14.4. The van der Waals surface area contributed by atoms with Crippen LogP contribution in [-0.2, 0) is 11.2 Å². The van der Waals surface area contributed by atoms with Crippen molar-refractivity contribution in [3.63, 3.8) is 0 Å². The summed E-state index contributed by atoms with van der Waals surface area (Å²) >= 11 is 0. The van der Waals surface area contributed by atoms with Gasteiger partial charge in [0.2, 0.25) is 5.91 Å². The Morgan fingerprint density at radius 1 is 1.08 bits per heavy atom. The molecular weight excluding hydrogens is 300 g/mol. The van der Waals surface area contributed by atoms with Crippen molar-refractivity contribution < 1.29 is 9.53 Å². The second-order valence-corrected chi connectivity index (χ2v) is 6.11. The summed E-state index contributed by atoms with van der Waals surface area (Å²) in [6.45, 7) is 5.32. The van der Waals surface area contributed by atoms with Crippen molar-refractivity contribution >= 4 is 11.6 Å². The fourth-order valence-corrected chi connectivity index (χ4v) is 2.36. The van der Waals surface area contributed by atoms with E-state index in [1.54, 1.807) is 0 Å². The van der Waals surface area contributed by atoms with Gasteiger partial charge in [0.1, 0.15) is 12.4 Å². The minimum absolute atomic E-state index is 0.0126. The van der Waals surface area contributed by atoms with Gasteiger partial charge < -0.3 is 15.8 Å². The Hall–Kier alpha value is -2.33. The standard InChI is InChI=1S/C20H26N2O2/c1-15(2)17-6-3-16(4-7-17)5-12-20(23)22-18-8-10-19(11-9-18)24-14-13-21/h3-4,6-11,15H,5,12-14,21H2,1-2H3,(H,22,23). The third-order valence-corrected chi connectivity index (χ3v) is 3.81. The average molecular weight is 326 g/mol. The van der Waals surface area contributed by atoms with Crippen LogP contribution in [0.5, 0.6) is 5.75 Å². The van der Waals surface area contributed by atoms with Crippen molar-refractivity contribution in [2.24, 2.45) is 5.73 Å². The first-order valence-corrected chi connectivity index (χ1v) is 8.40. The number of anilines is 1. The van der Waals surface area contributed by atoms with Gasteiger partial charge in [-0.2, -0.15) is 0 Å². The molecule has 0 atom stereocenters. The van der Waals surface area contributed by atoms with E-state index in [2.05, 4.69) is 43.4 Å². The van der Waals surface area contributed by atoms with E-state index in [1.807, 2.05) is 24.3 Å². The van der Waals surface area contributed by atoms with Gasteiger partial charge in [0.25, 0.3) is 0 Å². The molecule has 2 aromatic carbocycles. The van der Waals surface area contributed by atoms with Crippen molar-refractivity contribution in [2.45, 2.75) is 32.6 Å². The molecule has 4 nitrogen and oxygen atoms in total. The first kappa shape index (κ1) is 18.0. The molecule has 1 amide bonds. The van der Waals surface area contributed by atoms with Gasteiger partial charge in [-0.15, -0.1) is 0 Å². The maximum absolute atomic E-state index is 12.1. The van der Waals surface area contributed by atoms with Gasteiger partial charge in [-0.3, -0.25) is 4.79 Å². The lowest BCUT2D eigenvalue weighted by molar-refractivity contribution is -0.116. The average Bonchev–Trinajstić information content (AvgIpc) is 2.59. The fraction of sp³-hybridized carbons (Fsp3) is 0.350. The van der Waals surface area contributed by atoms with Gasteiger partial charge in [-0.1, -0.05) is 38.1 Å². The van der Waals surface area contributed by atoms with Crippen LogP contribution in [0.1, 0.15) is 37.3 Å². The molecule has 0 aliphatic rings. The Morgan fingerprint density at radius 2 is 1.75 bits per heavy atom. The molecule has 2 rings (SSSR count). The van der Waals surface area contributed by atoms with Gasteiger partial charge >= 0.3 is 0 Å². The molecule has 0 aliphatic heterocycles. The highest BCUT2D eigenvalue weighted by Gasteiger charge is 2.05. The fourth-order valence-electron chi connectivity index (χ4n) is 2.36. The molecule has 0 radical (unpaired) electrons. The van der Waals surface area contributed by atoms with Gasteiger partial charge in [0.05, 0.1) is 0 Å². The predicted molar refractivity (Wildman–Crippen MR) is 98.5 cm³/mol. The monoisotopic (exact) mass is 326 g/mol. The number of nitrogens with two attached hydrogens (primary N) is 1. The van der Waals surface area contributed by atoms with E-state index in [0.29, 0.717) is 25.5 Å². The number of amides is 1. The van der Waals surface area contributed by atoms with Crippen molar-refractivity contribution in [2.75, 3.05) is 18.5 Å². The molecule has 0 spiro atoms. The smallest absolute Gasteiger partial charge is 0.224 e. The molecular formula is C20H26N2O2. The summed E-state index contributed by atoms with van der Waals surface area (Å²) in [6.07, 6.45) is 1.20. The number of aryl methyl sites for hydroxylation is 1. The van der Waals surface area contributed by atoms with E-state index in [9.17, 15) is 4.79 Å². The van der Waals surface area contributed by atoms with Gasteiger partial charge in [-0.05, 0) is 47.7 Å². The predicted octanol–water partition coefficient (Wildman–Crippen LogP) is 3.72. The third kappa shape index (κ3) is 5.70. The van der Waals surface area contributed by atoms with Crippen LogP contribution < -0.4 is 15.8 Å². The summed E-state index contributed by atoms with van der Waals surface area (Å²) < 4.78 is 5.41. The van der Waals surface area contributed by atoms with Crippen molar-refractivity contribution in [3.05, 3.63) is 59.7 Å². The normalized spacial score (nSPS) is 10.7. The SMILES string of the molecule is CC(C)c1ccc(CCC(=O)Nc2ccc(OCCN)cc2)cc1. The Kier molecular flexibility index (Phi) is 6.82. The molecule has 2 aromatic rings. The van der Waals surface area contributed by atoms with Crippen molar-refractivity contribution in [1.29, 1.82) is 0 Å². The molecule has 0 unspecified atom stereocenters. The second-order valence-electron chi connectivity index (χ2n) is 6.11. The largest absolute Gasteiger partial charge is 0.492 e. The van der Waals surface area contributed by atoms with E-state index in [0.717, 1.165) is 17.9 Å². The van der Waals surface area contributed by atoms with Crippen LogP contribution in [0.15, 0.2) is 48.5 Å². The number of nitrogens with one attached hydrogen (secondary N) is 1.